The Kier molecular flexibility index (Phi) is 5.33. The van der Waals surface area contributed by atoms with Crippen LogP contribution in [0.25, 0.3) is 11.3 Å². The average molecular weight is 383 g/mol. The third-order valence-electron chi connectivity index (χ3n) is 2.81. The molecule has 2 heterocycles. The number of nitrogens with one attached hydrogen (secondary N) is 1. The van der Waals surface area contributed by atoms with Gasteiger partial charge in [0.1, 0.15) is 5.82 Å². The first-order valence-corrected chi connectivity index (χ1v) is 7.75. The van der Waals surface area contributed by atoms with Gasteiger partial charge in [-0.1, -0.05) is 34.1 Å². The Labute approximate surface area is 142 Å². The van der Waals surface area contributed by atoms with E-state index in [2.05, 4.69) is 50.3 Å². The van der Waals surface area contributed by atoms with Crippen LogP contribution >= 0.6 is 39.7 Å². The van der Waals surface area contributed by atoms with E-state index >= 15 is 0 Å². The Balaban J connectivity index is 0.00000161. The van der Waals surface area contributed by atoms with E-state index in [0.29, 0.717) is 0 Å². The Morgan fingerprint density at radius 1 is 1.10 bits per heavy atom. The van der Waals surface area contributed by atoms with Crippen LogP contribution in [0.3, 0.4) is 0 Å². The number of nitrogens with zero attached hydrogens (tertiary/aromatic N) is 2. The van der Waals surface area contributed by atoms with Gasteiger partial charge in [-0.25, -0.2) is 9.97 Å². The highest BCUT2D eigenvalue weighted by Crippen LogP contribution is 2.32. The number of rotatable bonds is 3. The number of hydrogen-bond donors (Lipinski definition) is 1. The van der Waals surface area contributed by atoms with Gasteiger partial charge >= 0.3 is 0 Å². The molecule has 108 valence electrons. The van der Waals surface area contributed by atoms with E-state index in [-0.39, 0.29) is 12.4 Å². The Hall–Kier alpha value is -1.43. The molecule has 0 spiro atoms. The first-order valence-electron chi connectivity index (χ1n) is 6.14. The maximum absolute atomic E-state index is 4.66. The number of halogens is 2. The molecule has 21 heavy (non-hydrogen) atoms. The molecule has 0 aliphatic rings. The molecule has 1 N–H and O–H groups in total. The summed E-state index contributed by atoms with van der Waals surface area (Å²) < 4.78 is 1.07. The molecule has 0 atom stereocenters. The van der Waals surface area contributed by atoms with Gasteiger partial charge in [-0.05, 0) is 31.2 Å². The molecule has 1 aromatic carbocycles. The van der Waals surface area contributed by atoms with Gasteiger partial charge in [0.2, 0.25) is 0 Å². The monoisotopic (exact) mass is 381 g/mol. The van der Waals surface area contributed by atoms with E-state index in [1.165, 1.54) is 4.88 Å². The zero-order valence-corrected chi connectivity index (χ0v) is 14.4. The summed E-state index contributed by atoms with van der Waals surface area (Å²) in [6.45, 7) is 2.08. The number of benzene rings is 1. The summed E-state index contributed by atoms with van der Waals surface area (Å²) in [5.41, 5.74) is 2.14. The van der Waals surface area contributed by atoms with Gasteiger partial charge in [-0.2, -0.15) is 0 Å². The Morgan fingerprint density at radius 3 is 2.52 bits per heavy atom. The molecule has 0 aliphatic carbocycles. The highest BCUT2D eigenvalue weighted by Gasteiger charge is 2.10. The topological polar surface area (TPSA) is 37.8 Å². The molecule has 0 bridgehead atoms. The summed E-state index contributed by atoms with van der Waals surface area (Å²) in [4.78, 5) is 10.1. The highest BCUT2D eigenvalue weighted by atomic mass is 79.9. The SMILES string of the molecule is Cc1sc(Nc2ccccn2)nc1-c1ccc(Br)cc1.Cl. The van der Waals surface area contributed by atoms with Crippen molar-refractivity contribution in [2.24, 2.45) is 0 Å². The lowest BCUT2D eigenvalue weighted by atomic mass is 10.1. The lowest BCUT2D eigenvalue weighted by molar-refractivity contribution is 1.28. The van der Waals surface area contributed by atoms with Crippen molar-refractivity contribution in [2.45, 2.75) is 6.92 Å². The smallest absolute Gasteiger partial charge is 0.189 e. The van der Waals surface area contributed by atoms with Crippen LogP contribution in [-0.2, 0) is 0 Å². The van der Waals surface area contributed by atoms with E-state index in [1.54, 1.807) is 17.5 Å². The first-order chi connectivity index (χ1) is 9.72. The van der Waals surface area contributed by atoms with Crippen LogP contribution in [0, 0.1) is 6.92 Å². The van der Waals surface area contributed by atoms with Gasteiger partial charge in [0.15, 0.2) is 5.13 Å². The molecule has 0 fully saturated rings. The predicted octanol–water partition coefficient (Wildman–Crippen LogP) is 5.44. The average Bonchev–Trinajstić information content (AvgIpc) is 2.81. The highest BCUT2D eigenvalue weighted by molar-refractivity contribution is 9.10. The third kappa shape index (κ3) is 3.81. The van der Waals surface area contributed by atoms with Crippen molar-refractivity contribution in [3.63, 3.8) is 0 Å². The third-order valence-corrected chi connectivity index (χ3v) is 4.23. The molecule has 0 saturated heterocycles. The van der Waals surface area contributed by atoms with Gasteiger partial charge < -0.3 is 5.32 Å². The van der Waals surface area contributed by atoms with Gasteiger partial charge in [-0.3, -0.25) is 0 Å². The summed E-state index contributed by atoms with van der Waals surface area (Å²) in [6, 6.07) is 14.0. The quantitative estimate of drug-likeness (QED) is 0.655. The molecule has 0 saturated carbocycles. The van der Waals surface area contributed by atoms with Crippen LogP contribution in [0.5, 0.6) is 0 Å². The molecular formula is C15H13BrClN3S. The number of thiazole rings is 1. The second-order valence-electron chi connectivity index (χ2n) is 4.27. The second-order valence-corrected chi connectivity index (χ2v) is 6.39. The van der Waals surface area contributed by atoms with Gasteiger partial charge in [0.25, 0.3) is 0 Å². The summed E-state index contributed by atoms with van der Waals surface area (Å²) in [7, 11) is 0. The fraction of sp³-hybridized carbons (Fsp3) is 0.0667. The van der Waals surface area contributed by atoms with Crippen LogP contribution in [0.2, 0.25) is 0 Å². The van der Waals surface area contributed by atoms with Crippen LogP contribution in [0.4, 0.5) is 10.9 Å². The zero-order valence-electron chi connectivity index (χ0n) is 11.2. The summed E-state index contributed by atoms with van der Waals surface area (Å²) in [5, 5.41) is 4.09. The largest absolute Gasteiger partial charge is 0.316 e. The number of aryl methyl sites for hydroxylation is 1. The van der Waals surface area contributed by atoms with Crippen molar-refractivity contribution < 1.29 is 0 Å². The molecule has 0 unspecified atom stereocenters. The molecule has 3 rings (SSSR count). The number of hydrogen-bond acceptors (Lipinski definition) is 4. The van der Waals surface area contributed by atoms with Crippen molar-refractivity contribution in [3.8, 4) is 11.3 Å². The molecule has 6 heteroatoms. The normalized spacial score (nSPS) is 10.0. The molecule has 0 radical (unpaired) electrons. The predicted molar refractivity (Wildman–Crippen MR) is 94.8 cm³/mol. The first kappa shape index (κ1) is 15.9. The summed E-state index contributed by atoms with van der Waals surface area (Å²) in [5.74, 6) is 0.809. The van der Waals surface area contributed by atoms with E-state index in [0.717, 1.165) is 26.7 Å². The van der Waals surface area contributed by atoms with Gasteiger partial charge in [0, 0.05) is 21.1 Å². The molecular weight excluding hydrogens is 370 g/mol. The molecule has 0 amide bonds. The van der Waals surface area contributed by atoms with Gasteiger partial charge in [-0.15, -0.1) is 23.7 Å². The standard InChI is InChI=1S/C15H12BrN3S.ClH/c1-10-14(11-5-7-12(16)8-6-11)19-15(20-10)18-13-4-2-3-9-17-13;/h2-9H,1H3,(H,17,18,19);1H. The Morgan fingerprint density at radius 2 is 1.86 bits per heavy atom. The Bertz CT molecular complexity index is 714. The van der Waals surface area contributed by atoms with Crippen molar-refractivity contribution >= 4 is 50.6 Å². The van der Waals surface area contributed by atoms with Crippen LogP contribution in [0.1, 0.15) is 4.88 Å². The van der Waals surface area contributed by atoms with Crippen molar-refractivity contribution in [1.29, 1.82) is 0 Å². The number of aromatic nitrogens is 2. The molecule has 3 aromatic rings. The van der Waals surface area contributed by atoms with Crippen molar-refractivity contribution in [1.82, 2.24) is 9.97 Å². The number of pyridine rings is 1. The maximum atomic E-state index is 4.66. The van der Waals surface area contributed by atoms with Gasteiger partial charge in [0.05, 0.1) is 5.69 Å². The summed E-state index contributed by atoms with van der Waals surface area (Å²) >= 11 is 5.08. The van der Waals surface area contributed by atoms with Crippen LogP contribution < -0.4 is 5.32 Å². The fourth-order valence-corrected chi connectivity index (χ4v) is 2.98. The lowest BCUT2D eigenvalue weighted by Gasteiger charge is -2.00. The second kappa shape index (κ2) is 7.02. The van der Waals surface area contributed by atoms with E-state index in [9.17, 15) is 0 Å². The summed E-state index contributed by atoms with van der Waals surface area (Å²) in [6.07, 6.45) is 1.76. The molecule has 0 aliphatic heterocycles. The van der Waals surface area contributed by atoms with E-state index in [1.807, 2.05) is 30.3 Å². The molecule has 3 nitrogen and oxygen atoms in total. The van der Waals surface area contributed by atoms with Crippen molar-refractivity contribution in [2.75, 3.05) is 5.32 Å². The van der Waals surface area contributed by atoms with Crippen molar-refractivity contribution in [3.05, 3.63) is 58.0 Å². The minimum atomic E-state index is 0. The van der Waals surface area contributed by atoms with E-state index in [4.69, 9.17) is 0 Å². The maximum Gasteiger partial charge on any atom is 0.189 e. The minimum Gasteiger partial charge on any atom is -0.316 e. The van der Waals surface area contributed by atoms with Crippen LogP contribution in [-0.4, -0.2) is 9.97 Å². The lowest BCUT2D eigenvalue weighted by Crippen LogP contribution is -1.91. The van der Waals surface area contributed by atoms with Crippen LogP contribution in [0.15, 0.2) is 53.1 Å². The van der Waals surface area contributed by atoms with E-state index < -0.39 is 0 Å². The zero-order chi connectivity index (χ0) is 13.9. The molecule has 2 aromatic heterocycles. The number of anilines is 2. The fourth-order valence-electron chi connectivity index (χ4n) is 1.87. The minimum absolute atomic E-state index is 0.